The number of imidazole rings is 1. The predicted octanol–water partition coefficient (Wildman–Crippen LogP) is 4.44. The molecular formula is C16H29N3. The molecule has 0 aromatic carbocycles. The summed E-state index contributed by atoms with van der Waals surface area (Å²) in [4.78, 5) is 4.95. The molecular weight excluding hydrogens is 234 g/mol. The Bertz CT molecular complexity index is 402. The van der Waals surface area contributed by atoms with Crippen LogP contribution in [0.4, 0.5) is 5.82 Å². The van der Waals surface area contributed by atoms with Gasteiger partial charge in [-0.05, 0) is 25.7 Å². The molecule has 108 valence electrons. The molecule has 0 aliphatic heterocycles. The summed E-state index contributed by atoms with van der Waals surface area (Å²) < 4.78 is 2.32. The number of unbranched alkanes of at least 4 members (excludes halogenated alkanes) is 1. The van der Waals surface area contributed by atoms with Crippen LogP contribution < -0.4 is 5.73 Å². The molecule has 1 atom stereocenters. The maximum absolute atomic E-state index is 6.39. The summed E-state index contributed by atoms with van der Waals surface area (Å²) in [5.74, 6) is 3.34. The summed E-state index contributed by atoms with van der Waals surface area (Å²) in [6.07, 6.45) is 8.80. The number of anilines is 1. The quantitative estimate of drug-likeness (QED) is 0.824. The molecule has 1 heterocycles. The van der Waals surface area contributed by atoms with Crippen molar-refractivity contribution in [1.29, 1.82) is 0 Å². The summed E-state index contributed by atoms with van der Waals surface area (Å²) >= 11 is 0. The zero-order valence-electron chi connectivity index (χ0n) is 12.8. The molecule has 0 radical (unpaired) electrons. The molecule has 1 fully saturated rings. The number of nitrogens with zero attached hydrogens (tertiary/aromatic N) is 2. The predicted molar refractivity (Wildman–Crippen MR) is 81.5 cm³/mol. The Morgan fingerprint density at radius 3 is 2.58 bits per heavy atom. The number of hydrogen-bond donors (Lipinski definition) is 1. The van der Waals surface area contributed by atoms with Crippen LogP contribution in [0.15, 0.2) is 0 Å². The van der Waals surface area contributed by atoms with Crippen LogP contribution in [0.2, 0.25) is 0 Å². The molecule has 2 N–H and O–H groups in total. The first kappa shape index (κ1) is 14.4. The minimum atomic E-state index is 0.475. The fraction of sp³-hybridized carbons (Fsp3) is 0.812. The van der Waals surface area contributed by atoms with Crippen molar-refractivity contribution in [2.45, 2.75) is 84.1 Å². The molecule has 3 nitrogen and oxygen atoms in total. The van der Waals surface area contributed by atoms with Crippen molar-refractivity contribution >= 4 is 5.82 Å². The van der Waals surface area contributed by atoms with Gasteiger partial charge in [-0.2, -0.15) is 0 Å². The van der Waals surface area contributed by atoms with E-state index in [1.54, 1.807) is 0 Å². The molecule has 3 heteroatoms. The number of nitrogens with two attached hydrogens (primary N) is 1. The molecule has 2 rings (SSSR count). The maximum Gasteiger partial charge on any atom is 0.127 e. The summed E-state index contributed by atoms with van der Waals surface area (Å²) in [6.45, 7) is 7.72. The minimum Gasteiger partial charge on any atom is -0.384 e. The zero-order chi connectivity index (χ0) is 13.8. The van der Waals surface area contributed by atoms with Crippen molar-refractivity contribution in [2.24, 2.45) is 0 Å². The standard InChI is InChI=1S/C16H29N3/c1-4-6-11-19-15(17)14(12(3)5-2)18-16(19)13-9-7-8-10-13/h12-13H,4-11,17H2,1-3H3. The van der Waals surface area contributed by atoms with Gasteiger partial charge in [-0.3, -0.25) is 0 Å². The maximum atomic E-state index is 6.39. The first-order chi connectivity index (χ1) is 9.19. The van der Waals surface area contributed by atoms with E-state index in [2.05, 4.69) is 25.3 Å². The van der Waals surface area contributed by atoms with Crippen molar-refractivity contribution < 1.29 is 0 Å². The topological polar surface area (TPSA) is 43.8 Å². The monoisotopic (exact) mass is 263 g/mol. The molecule has 0 amide bonds. The number of nitrogen functional groups attached to an aromatic ring is 1. The summed E-state index contributed by atoms with van der Waals surface area (Å²) in [7, 11) is 0. The average Bonchev–Trinajstić information content (AvgIpc) is 3.03. The molecule has 0 bridgehead atoms. The van der Waals surface area contributed by atoms with E-state index in [4.69, 9.17) is 10.7 Å². The smallest absolute Gasteiger partial charge is 0.127 e. The average molecular weight is 263 g/mol. The van der Waals surface area contributed by atoms with Gasteiger partial charge in [0, 0.05) is 18.4 Å². The van der Waals surface area contributed by atoms with Crippen LogP contribution in [0.1, 0.15) is 89.1 Å². The van der Waals surface area contributed by atoms with Crippen molar-refractivity contribution in [1.82, 2.24) is 9.55 Å². The van der Waals surface area contributed by atoms with E-state index in [9.17, 15) is 0 Å². The van der Waals surface area contributed by atoms with E-state index < -0.39 is 0 Å². The van der Waals surface area contributed by atoms with Gasteiger partial charge in [-0.25, -0.2) is 4.98 Å². The molecule has 1 aliphatic rings. The highest BCUT2D eigenvalue weighted by Crippen LogP contribution is 2.37. The summed E-state index contributed by atoms with van der Waals surface area (Å²) in [6, 6.07) is 0. The van der Waals surface area contributed by atoms with E-state index in [0.717, 1.165) is 24.5 Å². The Morgan fingerprint density at radius 1 is 1.32 bits per heavy atom. The minimum absolute atomic E-state index is 0.475. The lowest BCUT2D eigenvalue weighted by Crippen LogP contribution is -2.10. The van der Waals surface area contributed by atoms with Crippen LogP contribution in [0, 0.1) is 0 Å². The second-order valence-electron chi connectivity index (χ2n) is 6.04. The van der Waals surface area contributed by atoms with Gasteiger partial charge >= 0.3 is 0 Å². The van der Waals surface area contributed by atoms with E-state index in [1.807, 2.05) is 0 Å². The third-order valence-electron chi connectivity index (χ3n) is 4.60. The Kier molecular flexibility index (Phi) is 4.89. The van der Waals surface area contributed by atoms with Crippen molar-refractivity contribution in [2.75, 3.05) is 5.73 Å². The Morgan fingerprint density at radius 2 is 2.00 bits per heavy atom. The van der Waals surface area contributed by atoms with Crippen molar-refractivity contribution in [3.63, 3.8) is 0 Å². The van der Waals surface area contributed by atoms with Crippen LogP contribution in [0.5, 0.6) is 0 Å². The molecule has 0 saturated heterocycles. The Balaban J connectivity index is 2.32. The molecule has 1 aromatic rings. The van der Waals surface area contributed by atoms with Crippen molar-refractivity contribution in [3.8, 4) is 0 Å². The van der Waals surface area contributed by atoms with E-state index in [0.29, 0.717) is 11.8 Å². The molecule has 1 saturated carbocycles. The third kappa shape index (κ3) is 2.96. The largest absolute Gasteiger partial charge is 0.384 e. The first-order valence-corrected chi connectivity index (χ1v) is 8.04. The molecule has 1 aliphatic carbocycles. The lowest BCUT2D eigenvalue weighted by atomic mass is 10.1. The second kappa shape index (κ2) is 6.44. The van der Waals surface area contributed by atoms with Crippen LogP contribution in [0.25, 0.3) is 0 Å². The lowest BCUT2D eigenvalue weighted by molar-refractivity contribution is 0.561. The van der Waals surface area contributed by atoms with E-state index in [1.165, 1.54) is 44.3 Å². The van der Waals surface area contributed by atoms with Gasteiger partial charge in [-0.1, -0.05) is 40.0 Å². The normalized spacial score (nSPS) is 18.1. The van der Waals surface area contributed by atoms with Crippen LogP contribution in [0.3, 0.4) is 0 Å². The highest BCUT2D eigenvalue weighted by atomic mass is 15.1. The summed E-state index contributed by atoms with van der Waals surface area (Å²) in [5.41, 5.74) is 7.53. The van der Waals surface area contributed by atoms with Gasteiger partial charge in [0.25, 0.3) is 0 Å². The molecule has 0 spiro atoms. The van der Waals surface area contributed by atoms with Gasteiger partial charge in [0.1, 0.15) is 11.6 Å². The van der Waals surface area contributed by atoms with Crippen LogP contribution >= 0.6 is 0 Å². The van der Waals surface area contributed by atoms with Gasteiger partial charge in [0.15, 0.2) is 0 Å². The Hall–Kier alpha value is -0.990. The first-order valence-electron chi connectivity index (χ1n) is 8.04. The SMILES string of the molecule is CCCCn1c(C2CCCC2)nc(C(C)CC)c1N. The van der Waals surface area contributed by atoms with Gasteiger partial charge in [0.05, 0.1) is 5.69 Å². The van der Waals surface area contributed by atoms with Crippen LogP contribution in [-0.2, 0) is 6.54 Å². The molecule has 1 aromatic heterocycles. The second-order valence-corrected chi connectivity index (χ2v) is 6.04. The van der Waals surface area contributed by atoms with Gasteiger partial charge in [0.2, 0.25) is 0 Å². The zero-order valence-corrected chi connectivity index (χ0v) is 12.8. The highest BCUT2D eigenvalue weighted by molar-refractivity contribution is 5.41. The summed E-state index contributed by atoms with van der Waals surface area (Å²) in [5, 5.41) is 0. The highest BCUT2D eigenvalue weighted by Gasteiger charge is 2.26. The van der Waals surface area contributed by atoms with E-state index in [-0.39, 0.29) is 0 Å². The van der Waals surface area contributed by atoms with Crippen LogP contribution in [-0.4, -0.2) is 9.55 Å². The fourth-order valence-electron chi connectivity index (χ4n) is 3.11. The third-order valence-corrected chi connectivity index (χ3v) is 4.60. The van der Waals surface area contributed by atoms with Gasteiger partial charge < -0.3 is 10.3 Å². The lowest BCUT2D eigenvalue weighted by Gasteiger charge is -2.13. The molecule has 1 unspecified atom stereocenters. The number of aromatic nitrogens is 2. The number of hydrogen-bond acceptors (Lipinski definition) is 2. The fourth-order valence-corrected chi connectivity index (χ4v) is 3.11. The van der Waals surface area contributed by atoms with Crippen molar-refractivity contribution in [3.05, 3.63) is 11.5 Å². The van der Waals surface area contributed by atoms with Gasteiger partial charge in [-0.15, -0.1) is 0 Å². The Labute approximate surface area is 117 Å². The molecule has 19 heavy (non-hydrogen) atoms. The number of rotatable bonds is 6. The van der Waals surface area contributed by atoms with E-state index >= 15 is 0 Å².